The molecule has 0 saturated heterocycles. The fraction of sp³-hybridized carbons (Fsp3) is 0. The van der Waals surface area contributed by atoms with Gasteiger partial charge in [-0.05, 0) is 0 Å². The molecular formula is CHCl2O. The molecule has 0 rings (SSSR count). The van der Waals surface area contributed by atoms with Crippen molar-refractivity contribution in [1.82, 2.24) is 0 Å². The summed E-state index contributed by atoms with van der Waals surface area (Å²) in [4.78, 5) is 0. The average molecular weight is 99.9 g/mol. The van der Waals surface area contributed by atoms with Gasteiger partial charge in [0.25, 0.3) is 5.02 Å². The van der Waals surface area contributed by atoms with Crippen LogP contribution in [0.3, 0.4) is 0 Å². The summed E-state index contributed by atoms with van der Waals surface area (Å²) in [5, 5.41) is 6.86. The molecule has 0 spiro atoms. The van der Waals surface area contributed by atoms with Crippen molar-refractivity contribution in [3.8, 4) is 0 Å². The highest BCUT2D eigenvalue weighted by atomic mass is 35.5. The predicted molar refractivity (Wildman–Crippen MR) is 16.9 cm³/mol. The molecule has 0 unspecified atom stereocenters. The molecule has 0 heterocycles. The van der Waals surface area contributed by atoms with Crippen molar-refractivity contribution in [1.29, 1.82) is 0 Å². The Hall–Kier alpha value is 0.540. The van der Waals surface area contributed by atoms with E-state index in [4.69, 9.17) is 5.11 Å². The Labute approximate surface area is 34.1 Å². The zero-order chi connectivity index (χ0) is 3.58. The van der Waals surface area contributed by atoms with Crippen molar-refractivity contribution in [2.75, 3.05) is 0 Å². The zero-order valence-corrected chi connectivity index (χ0v) is 3.22. The maximum atomic E-state index is 7.50. The lowest BCUT2D eigenvalue weighted by molar-refractivity contribution is 0.417. The summed E-state index contributed by atoms with van der Waals surface area (Å²) in [5.74, 6) is 0. The first-order chi connectivity index (χ1) is 1.73. The van der Waals surface area contributed by atoms with Gasteiger partial charge in [0.05, 0.1) is 0 Å². The van der Waals surface area contributed by atoms with E-state index >= 15 is 0 Å². The number of hydrogen-bond donors (Lipinski definition) is 1. The van der Waals surface area contributed by atoms with Crippen molar-refractivity contribution in [2.45, 2.75) is 0 Å². The number of hydrogen-bond acceptors (Lipinski definition) is 1. The Balaban J connectivity index is 2.32. The molecule has 0 bridgehead atoms. The van der Waals surface area contributed by atoms with Crippen LogP contribution in [0.25, 0.3) is 0 Å². The molecule has 3 heteroatoms. The van der Waals surface area contributed by atoms with Crippen LogP contribution in [0, 0.1) is 5.02 Å². The van der Waals surface area contributed by atoms with E-state index in [0.29, 0.717) is 0 Å². The molecule has 1 nitrogen and oxygen atoms in total. The van der Waals surface area contributed by atoms with Gasteiger partial charge in [-0.25, -0.2) is 0 Å². The molecule has 0 aliphatic heterocycles. The normalized spacial score (nSPS) is 9.00. The third-order valence-electron chi connectivity index (χ3n) is 0. The van der Waals surface area contributed by atoms with E-state index in [-0.39, 0.29) is 0 Å². The fourth-order valence-electron chi connectivity index (χ4n) is 0. The number of rotatable bonds is 0. The van der Waals surface area contributed by atoms with Crippen molar-refractivity contribution in [3.05, 3.63) is 5.02 Å². The molecule has 0 amide bonds. The monoisotopic (exact) mass is 98.9 g/mol. The SMILES string of the molecule is O[C](Cl)Cl. The Morgan fingerprint density at radius 1 is 1.50 bits per heavy atom. The Kier molecular flexibility index (Phi) is 2.07. The van der Waals surface area contributed by atoms with Crippen LogP contribution < -0.4 is 0 Å². The van der Waals surface area contributed by atoms with Gasteiger partial charge in [-0.3, -0.25) is 0 Å². The van der Waals surface area contributed by atoms with Crippen molar-refractivity contribution in [2.24, 2.45) is 0 Å². The lowest BCUT2D eigenvalue weighted by Crippen LogP contribution is -1.58. The molecule has 0 aliphatic carbocycles. The minimum Gasteiger partial charge on any atom is -0.358 e. The minimum atomic E-state index is -0.639. The third kappa shape index (κ3) is 20.7. The lowest BCUT2D eigenvalue weighted by Gasteiger charge is -1.70. The number of aliphatic hydroxyl groups excluding tert-OH is 1. The van der Waals surface area contributed by atoms with E-state index in [0.717, 1.165) is 0 Å². The maximum absolute atomic E-state index is 7.50. The fourth-order valence-corrected chi connectivity index (χ4v) is 0. The maximum Gasteiger partial charge on any atom is 0.274 e. The van der Waals surface area contributed by atoms with Crippen LogP contribution in [0.4, 0.5) is 0 Å². The van der Waals surface area contributed by atoms with E-state index < -0.39 is 5.02 Å². The number of aliphatic hydroxyl groups is 1. The summed E-state index contributed by atoms with van der Waals surface area (Å²) in [6, 6.07) is 0. The van der Waals surface area contributed by atoms with E-state index in [1.807, 2.05) is 0 Å². The molecule has 0 aromatic rings. The second kappa shape index (κ2) is 1.82. The molecule has 0 fully saturated rings. The molecule has 1 radical (unpaired) electrons. The van der Waals surface area contributed by atoms with Crippen LogP contribution in [0.2, 0.25) is 0 Å². The van der Waals surface area contributed by atoms with E-state index in [9.17, 15) is 0 Å². The van der Waals surface area contributed by atoms with Crippen molar-refractivity contribution >= 4 is 23.2 Å². The Morgan fingerprint density at radius 2 is 1.50 bits per heavy atom. The molecule has 0 aliphatic rings. The van der Waals surface area contributed by atoms with Gasteiger partial charge in [-0.1, -0.05) is 23.2 Å². The van der Waals surface area contributed by atoms with Gasteiger partial charge in [0.15, 0.2) is 0 Å². The topological polar surface area (TPSA) is 20.2 Å². The molecule has 0 atom stereocenters. The highest BCUT2D eigenvalue weighted by Gasteiger charge is 1.81. The quantitative estimate of drug-likeness (QED) is 0.486. The molecule has 0 aromatic carbocycles. The molecular weight excluding hydrogens is 98.9 g/mol. The van der Waals surface area contributed by atoms with Crippen molar-refractivity contribution in [3.63, 3.8) is 0 Å². The smallest absolute Gasteiger partial charge is 0.274 e. The van der Waals surface area contributed by atoms with Gasteiger partial charge in [-0.15, -0.1) is 0 Å². The van der Waals surface area contributed by atoms with Gasteiger partial charge in [-0.2, -0.15) is 0 Å². The van der Waals surface area contributed by atoms with Gasteiger partial charge >= 0.3 is 0 Å². The van der Waals surface area contributed by atoms with Gasteiger partial charge < -0.3 is 5.11 Å². The minimum absolute atomic E-state index is 0.639. The van der Waals surface area contributed by atoms with Crippen molar-refractivity contribution < 1.29 is 5.11 Å². The summed E-state index contributed by atoms with van der Waals surface area (Å²) in [7, 11) is 0. The summed E-state index contributed by atoms with van der Waals surface area (Å²) in [6.07, 6.45) is 0. The molecule has 0 saturated carbocycles. The zero-order valence-electron chi connectivity index (χ0n) is 1.70. The van der Waals surface area contributed by atoms with Crippen LogP contribution in [-0.4, -0.2) is 5.11 Å². The first-order valence-corrected chi connectivity index (χ1v) is 1.36. The summed E-state index contributed by atoms with van der Waals surface area (Å²) in [6.45, 7) is 0. The van der Waals surface area contributed by atoms with Crippen LogP contribution in [0.15, 0.2) is 0 Å². The van der Waals surface area contributed by atoms with E-state index in [1.165, 1.54) is 0 Å². The molecule has 25 valence electrons. The van der Waals surface area contributed by atoms with Crippen LogP contribution >= 0.6 is 23.2 Å². The first kappa shape index (κ1) is 4.54. The second-order valence-corrected chi connectivity index (χ2v) is 1.15. The van der Waals surface area contributed by atoms with E-state index in [1.54, 1.807) is 0 Å². The molecule has 1 N–H and O–H groups in total. The van der Waals surface area contributed by atoms with Crippen LogP contribution in [0.5, 0.6) is 0 Å². The summed E-state index contributed by atoms with van der Waals surface area (Å²) < 4.78 is 0. The highest BCUT2D eigenvalue weighted by Crippen LogP contribution is 2.02. The highest BCUT2D eigenvalue weighted by molar-refractivity contribution is 6.50. The Morgan fingerprint density at radius 3 is 1.50 bits per heavy atom. The van der Waals surface area contributed by atoms with Crippen LogP contribution in [0.1, 0.15) is 0 Å². The Bertz CT molecular complexity index is 10.8. The van der Waals surface area contributed by atoms with Gasteiger partial charge in [0.2, 0.25) is 0 Å². The molecule has 4 heavy (non-hydrogen) atoms. The standard InChI is InChI=1S/CHCl2O/c2-1(3)4/h4H. The largest absolute Gasteiger partial charge is 0.358 e. The predicted octanol–water partition coefficient (Wildman–Crippen LogP) is 1.28. The summed E-state index contributed by atoms with van der Waals surface area (Å²) in [5.41, 5.74) is 0. The lowest BCUT2D eigenvalue weighted by atomic mass is 11.7. The van der Waals surface area contributed by atoms with Gasteiger partial charge in [0, 0.05) is 0 Å². The number of halogens is 2. The summed E-state index contributed by atoms with van der Waals surface area (Å²) >= 11 is 9.02. The van der Waals surface area contributed by atoms with Gasteiger partial charge in [0.1, 0.15) is 0 Å². The van der Waals surface area contributed by atoms with E-state index in [2.05, 4.69) is 23.2 Å². The first-order valence-electron chi connectivity index (χ1n) is 0.602. The van der Waals surface area contributed by atoms with Crippen LogP contribution in [-0.2, 0) is 0 Å². The average Bonchev–Trinajstić information content (AvgIpc) is 0.811. The second-order valence-electron chi connectivity index (χ2n) is 0.240. The molecule has 0 aromatic heterocycles. The third-order valence-corrected chi connectivity index (χ3v) is 0.